The average molecular weight is 233 g/mol. The molecule has 2 rings (SSSR count). The molecular weight excluding hydrogens is 224 g/mol. The van der Waals surface area contributed by atoms with E-state index in [1.807, 2.05) is 0 Å². The van der Waals surface area contributed by atoms with Gasteiger partial charge in [0.15, 0.2) is 5.78 Å². The van der Waals surface area contributed by atoms with Gasteiger partial charge in [-0.1, -0.05) is 0 Å². The smallest absolute Gasteiger partial charge is 0.196 e. The summed E-state index contributed by atoms with van der Waals surface area (Å²) >= 11 is 0. The van der Waals surface area contributed by atoms with Crippen molar-refractivity contribution in [1.29, 1.82) is 0 Å². The first-order valence-electron chi connectivity index (χ1n) is 5.00. The summed E-state index contributed by atoms with van der Waals surface area (Å²) in [6.07, 6.45) is 2.95. The molecule has 86 valence electrons. The maximum atomic E-state index is 13.4. The number of benzene rings is 1. The molecule has 1 aromatic heterocycles. The summed E-state index contributed by atoms with van der Waals surface area (Å²) in [4.78, 5) is 15.8. The molecule has 0 saturated carbocycles. The molecule has 0 bridgehead atoms. The molecule has 0 aliphatic heterocycles. The fourth-order valence-electron chi connectivity index (χ4n) is 1.54. The second kappa shape index (κ2) is 4.41. The Balaban J connectivity index is 2.51. The van der Waals surface area contributed by atoms with Crippen LogP contribution >= 0.6 is 0 Å². The Bertz CT molecular complexity index is 581. The van der Waals surface area contributed by atoms with Gasteiger partial charge in [-0.15, -0.1) is 0 Å². The van der Waals surface area contributed by atoms with Gasteiger partial charge >= 0.3 is 0 Å². The van der Waals surface area contributed by atoms with Crippen molar-refractivity contribution in [3.05, 3.63) is 65.0 Å². The number of hydrogen-bond donors (Lipinski definition) is 0. The van der Waals surface area contributed by atoms with Gasteiger partial charge in [-0.2, -0.15) is 0 Å². The van der Waals surface area contributed by atoms with E-state index < -0.39 is 17.4 Å². The molecule has 0 aliphatic carbocycles. The third kappa shape index (κ3) is 2.20. The number of halogens is 2. The highest BCUT2D eigenvalue weighted by molar-refractivity contribution is 6.09. The van der Waals surface area contributed by atoms with E-state index in [4.69, 9.17) is 0 Å². The first-order chi connectivity index (χ1) is 8.09. The van der Waals surface area contributed by atoms with Crippen molar-refractivity contribution in [3.63, 3.8) is 0 Å². The summed E-state index contributed by atoms with van der Waals surface area (Å²) in [5.74, 6) is -1.91. The van der Waals surface area contributed by atoms with Crippen LogP contribution in [0.3, 0.4) is 0 Å². The van der Waals surface area contributed by atoms with E-state index in [0.717, 1.165) is 18.2 Å². The molecule has 0 radical (unpaired) electrons. The molecule has 1 aromatic carbocycles. The highest BCUT2D eigenvalue weighted by atomic mass is 19.1. The Hall–Kier alpha value is -2.10. The fourth-order valence-corrected chi connectivity index (χ4v) is 1.54. The van der Waals surface area contributed by atoms with E-state index >= 15 is 0 Å². The summed E-state index contributed by atoms with van der Waals surface area (Å²) in [6, 6.07) is 4.31. The zero-order valence-corrected chi connectivity index (χ0v) is 9.08. The van der Waals surface area contributed by atoms with Gasteiger partial charge in [0.05, 0.1) is 5.56 Å². The number of ketones is 1. The van der Waals surface area contributed by atoms with E-state index in [0.29, 0.717) is 11.1 Å². The van der Waals surface area contributed by atoms with Gasteiger partial charge in [0.1, 0.15) is 11.6 Å². The number of rotatable bonds is 2. The van der Waals surface area contributed by atoms with Crippen LogP contribution in [0.2, 0.25) is 0 Å². The molecule has 0 amide bonds. The minimum absolute atomic E-state index is 0.265. The number of pyridine rings is 1. The number of aromatic nitrogens is 1. The molecule has 0 aliphatic rings. The fraction of sp³-hybridized carbons (Fsp3) is 0.0769. The molecule has 1 heterocycles. The van der Waals surface area contributed by atoms with Crippen molar-refractivity contribution in [2.45, 2.75) is 6.92 Å². The predicted molar refractivity (Wildman–Crippen MR) is 58.8 cm³/mol. The Morgan fingerprint density at radius 1 is 1.18 bits per heavy atom. The van der Waals surface area contributed by atoms with Crippen LogP contribution in [0.15, 0.2) is 36.7 Å². The van der Waals surface area contributed by atoms with Gasteiger partial charge in [0.25, 0.3) is 0 Å². The van der Waals surface area contributed by atoms with Gasteiger partial charge in [-0.25, -0.2) is 8.78 Å². The number of hydrogen-bond acceptors (Lipinski definition) is 2. The summed E-state index contributed by atoms with van der Waals surface area (Å²) in [6.45, 7) is 1.69. The van der Waals surface area contributed by atoms with Gasteiger partial charge in [0.2, 0.25) is 0 Å². The third-order valence-electron chi connectivity index (χ3n) is 2.44. The Labute approximate surface area is 96.9 Å². The predicted octanol–water partition coefficient (Wildman–Crippen LogP) is 2.90. The average Bonchev–Trinajstić information content (AvgIpc) is 2.32. The lowest BCUT2D eigenvalue weighted by molar-refractivity contribution is 0.103. The van der Waals surface area contributed by atoms with E-state index in [1.54, 1.807) is 6.92 Å². The van der Waals surface area contributed by atoms with Gasteiger partial charge < -0.3 is 0 Å². The lowest BCUT2D eigenvalue weighted by Crippen LogP contribution is -2.07. The zero-order valence-electron chi connectivity index (χ0n) is 9.08. The van der Waals surface area contributed by atoms with Crippen LogP contribution in [-0.4, -0.2) is 10.8 Å². The van der Waals surface area contributed by atoms with Crippen LogP contribution in [0, 0.1) is 18.6 Å². The van der Waals surface area contributed by atoms with E-state index in [9.17, 15) is 13.6 Å². The SMILES string of the molecule is Cc1cnccc1C(=O)c1cc(F)ccc1F. The van der Waals surface area contributed by atoms with Crippen LogP contribution in [0.25, 0.3) is 0 Å². The molecule has 0 unspecified atom stereocenters. The number of nitrogens with zero attached hydrogens (tertiary/aromatic N) is 1. The molecule has 17 heavy (non-hydrogen) atoms. The van der Waals surface area contributed by atoms with E-state index in [2.05, 4.69) is 4.98 Å². The first-order valence-corrected chi connectivity index (χ1v) is 5.00. The summed E-state index contributed by atoms with van der Waals surface area (Å²) in [5, 5.41) is 0. The number of carbonyl (C=O) groups excluding carboxylic acids is 1. The van der Waals surface area contributed by atoms with Gasteiger partial charge in [0, 0.05) is 18.0 Å². The second-order valence-corrected chi connectivity index (χ2v) is 3.64. The van der Waals surface area contributed by atoms with Crippen molar-refractivity contribution in [2.75, 3.05) is 0 Å². The lowest BCUT2D eigenvalue weighted by Gasteiger charge is -2.05. The maximum Gasteiger partial charge on any atom is 0.196 e. The van der Waals surface area contributed by atoms with Crippen molar-refractivity contribution >= 4 is 5.78 Å². The monoisotopic (exact) mass is 233 g/mol. The molecule has 4 heteroatoms. The van der Waals surface area contributed by atoms with Crippen molar-refractivity contribution < 1.29 is 13.6 Å². The van der Waals surface area contributed by atoms with Crippen LogP contribution in [-0.2, 0) is 0 Å². The highest BCUT2D eigenvalue weighted by Crippen LogP contribution is 2.16. The normalized spacial score (nSPS) is 10.3. The number of aryl methyl sites for hydroxylation is 1. The largest absolute Gasteiger partial charge is 0.288 e. The second-order valence-electron chi connectivity index (χ2n) is 3.64. The van der Waals surface area contributed by atoms with Crippen molar-refractivity contribution in [3.8, 4) is 0 Å². The quantitative estimate of drug-likeness (QED) is 0.746. The standard InChI is InChI=1S/C13H9F2NO/c1-8-7-16-5-4-10(8)13(17)11-6-9(14)2-3-12(11)15/h2-7H,1H3. The molecule has 2 aromatic rings. The minimum atomic E-state index is -0.729. The van der Waals surface area contributed by atoms with Crippen molar-refractivity contribution in [1.82, 2.24) is 4.98 Å². The number of carbonyl (C=O) groups is 1. The summed E-state index contributed by atoms with van der Waals surface area (Å²) in [5.41, 5.74) is 0.685. The van der Waals surface area contributed by atoms with E-state index in [-0.39, 0.29) is 5.56 Å². The molecule has 0 spiro atoms. The van der Waals surface area contributed by atoms with Crippen LogP contribution in [0.1, 0.15) is 21.5 Å². The van der Waals surface area contributed by atoms with Crippen LogP contribution < -0.4 is 0 Å². The Morgan fingerprint density at radius 2 is 1.94 bits per heavy atom. The summed E-state index contributed by atoms with van der Waals surface area (Å²) in [7, 11) is 0. The van der Waals surface area contributed by atoms with Gasteiger partial charge in [-0.3, -0.25) is 9.78 Å². The Morgan fingerprint density at radius 3 is 2.65 bits per heavy atom. The van der Waals surface area contributed by atoms with Crippen LogP contribution in [0.5, 0.6) is 0 Å². The van der Waals surface area contributed by atoms with E-state index in [1.165, 1.54) is 18.5 Å². The highest BCUT2D eigenvalue weighted by Gasteiger charge is 2.16. The first kappa shape index (κ1) is 11.4. The molecule has 0 saturated heterocycles. The third-order valence-corrected chi connectivity index (χ3v) is 2.44. The van der Waals surface area contributed by atoms with Crippen LogP contribution in [0.4, 0.5) is 8.78 Å². The molecule has 0 atom stereocenters. The summed E-state index contributed by atoms with van der Waals surface area (Å²) < 4.78 is 26.4. The van der Waals surface area contributed by atoms with Crippen molar-refractivity contribution in [2.24, 2.45) is 0 Å². The molecule has 0 N–H and O–H groups in total. The van der Waals surface area contributed by atoms with Gasteiger partial charge in [-0.05, 0) is 36.8 Å². The maximum absolute atomic E-state index is 13.4. The molecule has 0 fully saturated rings. The molecular formula is C13H9F2NO. The Kier molecular flexibility index (Phi) is 2.95. The minimum Gasteiger partial charge on any atom is -0.288 e. The lowest BCUT2D eigenvalue weighted by atomic mass is 10.0. The zero-order chi connectivity index (χ0) is 12.4. The molecule has 2 nitrogen and oxygen atoms in total. The topological polar surface area (TPSA) is 30.0 Å².